The first kappa shape index (κ1) is 17.1. The molecule has 0 amide bonds. The predicted molar refractivity (Wildman–Crippen MR) is 102 cm³/mol. The van der Waals surface area contributed by atoms with Crippen LogP contribution in [0.5, 0.6) is 0 Å². The molecule has 0 atom stereocenters. The van der Waals surface area contributed by atoms with Crippen LogP contribution in [0.3, 0.4) is 0 Å². The van der Waals surface area contributed by atoms with Crippen molar-refractivity contribution in [3.05, 3.63) is 39.9 Å². The summed E-state index contributed by atoms with van der Waals surface area (Å²) in [5.41, 5.74) is 4.61. The summed E-state index contributed by atoms with van der Waals surface area (Å²) in [5.74, 6) is 1.64. The number of hydrogen-bond donors (Lipinski definition) is 1. The minimum absolute atomic E-state index is 0.718. The molecule has 24 heavy (non-hydrogen) atoms. The van der Waals surface area contributed by atoms with Gasteiger partial charge in [0.15, 0.2) is 0 Å². The summed E-state index contributed by atoms with van der Waals surface area (Å²) in [7, 11) is 0. The maximum atomic E-state index is 4.95. The summed E-state index contributed by atoms with van der Waals surface area (Å²) >= 11 is 1.42. The summed E-state index contributed by atoms with van der Waals surface area (Å²) in [6.07, 6.45) is 6.69. The molecular weight excluding hydrogens is 316 g/mol. The van der Waals surface area contributed by atoms with Gasteiger partial charge in [0.1, 0.15) is 10.7 Å². The zero-order valence-corrected chi connectivity index (χ0v) is 15.6. The van der Waals surface area contributed by atoms with E-state index < -0.39 is 0 Å². The highest BCUT2D eigenvalue weighted by molar-refractivity contribution is 7.08. The second kappa shape index (κ2) is 7.88. The Morgan fingerprint density at radius 2 is 2.00 bits per heavy atom. The molecule has 0 radical (unpaired) electrons. The molecule has 1 aliphatic rings. The SMILES string of the molecule is Cc1cccc(NC(=NCC2CCCCC2)c2snnc2C)c1C. The Kier molecular flexibility index (Phi) is 5.61. The number of benzene rings is 1. The van der Waals surface area contributed by atoms with Gasteiger partial charge in [-0.2, -0.15) is 0 Å². The molecule has 1 aromatic carbocycles. The van der Waals surface area contributed by atoms with Gasteiger partial charge in [-0.3, -0.25) is 4.99 Å². The second-order valence-corrected chi connectivity index (χ2v) is 7.51. The molecule has 1 aromatic heterocycles. The molecule has 128 valence electrons. The number of nitrogens with zero attached hydrogens (tertiary/aromatic N) is 3. The molecular formula is C19H26N4S. The van der Waals surface area contributed by atoms with Crippen LogP contribution in [0.25, 0.3) is 0 Å². The van der Waals surface area contributed by atoms with Gasteiger partial charge in [-0.25, -0.2) is 0 Å². The fourth-order valence-corrected chi connectivity index (χ4v) is 3.84. The average molecular weight is 343 g/mol. The molecule has 0 aliphatic heterocycles. The van der Waals surface area contributed by atoms with Gasteiger partial charge in [0.2, 0.25) is 0 Å². The van der Waals surface area contributed by atoms with E-state index in [0.717, 1.165) is 34.6 Å². The lowest BCUT2D eigenvalue weighted by atomic mass is 9.89. The van der Waals surface area contributed by atoms with E-state index >= 15 is 0 Å². The molecule has 1 N–H and O–H groups in total. The first-order valence-electron chi connectivity index (χ1n) is 8.82. The third kappa shape index (κ3) is 4.01. The highest BCUT2D eigenvalue weighted by atomic mass is 32.1. The first-order chi connectivity index (χ1) is 11.6. The summed E-state index contributed by atoms with van der Waals surface area (Å²) in [6.45, 7) is 7.18. The van der Waals surface area contributed by atoms with Gasteiger partial charge < -0.3 is 5.32 Å². The van der Waals surface area contributed by atoms with Crippen molar-refractivity contribution in [1.82, 2.24) is 9.59 Å². The molecule has 1 fully saturated rings. The topological polar surface area (TPSA) is 50.2 Å². The zero-order chi connectivity index (χ0) is 16.9. The lowest BCUT2D eigenvalue weighted by Gasteiger charge is -2.20. The summed E-state index contributed by atoms with van der Waals surface area (Å²) in [5, 5.41) is 7.71. The molecule has 0 bridgehead atoms. The first-order valence-corrected chi connectivity index (χ1v) is 9.59. The van der Waals surface area contributed by atoms with Crippen molar-refractivity contribution in [3.63, 3.8) is 0 Å². The number of rotatable bonds is 4. The van der Waals surface area contributed by atoms with Gasteiger partial charge >= 0.3 is 0 Å². The number of aliphatic imine (C=N–C) groups is 1. The van der Waals surface area contributed by atoms with Crippen LogP contribution < -0.4 is 5.32 Å². The van der Waals surface area contributed by atoms with Crippen molar-refractivity contribution in [2.75, 3.05) is 11.9 Å². The Morgan fingerprint density at radius 1 is 1.21 bits per heavy atom. The van der Waals surface area contributed by atoms with Crippen molar-refractivity contribution in [2.24, 2.45) is 10.9 Å². The van der Waals surface area contributed by atoms with E-state index in [2.05, 4.69) is 47.0 Å². The lowest BCUT2D eigenvalue weighted by Crippen LogP contribution is -2.18. The minimum Gasteiger partial charge on any atom is -0.339 e. The fraction of sp³-hybridized carbons (Fsp3) is 0.526. The smallest absolute Gasteiger partial charge is 0.146 e. The third-order valence-electron chi connectivity index (χ3n) is 4.96. The van der Waals surface area contributed by atoms with Crippen LogP contribution in [0.4, 0.5) is 5.69 Å². The second-order valence-electron chi connectivity index (χ2n) is 6.75. The molecule has 3 rings (SSSR count). The van der Waals surface area contributed by atoms with Gasteiger partial charge in [0.25, 0.3) is 0 Å². The van der Waals surface area contributed by atoms with Crippen molar-refractivity contribution in [2.45, 2.75) is 52.9 Å². The van der Waals surface area contributed by atoms with Crippen LogP contribution in [0.2, 0.25) is 0 Å². The Labute approximate surface area is 148 Å². The number of aromatic nitrogens is 2. The van der Waals surface area contributed by atoms with Crippen LogP contribution >= 0.6 is 11.5 Å². The standard InChI is InChI=1S/C19H26N4S/c1-13-8-7-11-17(14(13)2)21-19(18-15(3)22-23-24-18)20-12-16-9-5-4-6-10-16/h7-8,11,16H,4-6,9-10,12H2,1-3H3,(H,20,21). The predicted octanol–water partition coefficient (Wildman–Crippen LogP) is 4.90. The third-order valence-corrected chi connectivity index (χ3v) is 5.79. The van der Waals surface area contributed by atoms with E-state index in [4.69, 9.17) is 4.99 Å². The van der Waals surface area contributed by atoms with Crippen LogP contribution in [0, 0.1) is 26.7 Å². The van der Waals surface area contributed by atoms with Gasteiger partial charge in [-0.1, -0.05) is 35.9 Å². The molecule has 1 heterocycles. The monoisotopic (exact) mass is 342 g/mol. The largest absolute Gasteiger partial charge is 0.339 e. The highest BCUT2D eigenvalue weighted by Crippen LogP contribution is 2.25. The number of anilines is 1. The summed E-state index contributed by atoms with van der Waals surface area (Å²) < 4.78 is 4.09. The molecule has 5 heteroatoms. The Bertz CT molecular complexity index is 714. The zero-order valence-electron chi connectivity index (χ0n) is 14.8. The summed E-state index contributed by atoms with van der Waals surface area (Å²) in [4.78, 5) is 6.00. The average Bonchev–Trinajstić information content (AvgIpc) is 3.02. The minimum atomic E-state index is 0.718. The molecule has 0 unspecified atom stereocenters. The maximum absolute atomic E-state index is 4.95. The number of amidine groups is 1. The van der Waals surface area contributed by atoms with Gasteiger partial charge in [0, 0.05) is 12.2 Å². The van der Waals surface area contributed by atoms with Crippen LogP contribution in [-0.4, -0.2) is 22.0 Å². The van der Waals surface area contributed by atoms with E-state index in [1.807, 2.05) is 6.92 Å². The fourth-order valence-electron chi connectivity index (χ4n) is 3.22. The maximum Gasteiger partial charge on any atom is 0.146 e. The van der Waals surface area contributed by atoms with Crippen LogP contribution in [-0.2, 0) is 0 Å². The Balaban J connectivity index is 1.84. The Morgan fingerprint density at radius 3 is 2.71 bits per heavy atom. The van der Waals surface area contributed by atoms with Crippen molar-refractivity contribution >= 4 is 23.1 Å². The van der Waals surface area contributed by atoms with Crippen molar-refractivity contribution in [3.8, 4) is 0 Å². The quantitative estimate of drug-likeness (QED) is 0.635. The molecule has 2 aromatic rings. The van der Waals surface area contributed by atoms with Crippen molar-refractivity contribution in [1.29, 1.82) is 0 Å². The normalized spacial score (nSPS) is 16.4. The Hall–Kier alpha value is -1.75. The summed E-state index contributed by atoms with van der Waals surface area (Å²) in [6, 6.07) is 6.34. The lowest BCUT2D eigenvalue weighted by molar-refractivity contribution is 0.367. The number of nitrogens with one attached hydrogen (secondary N) is 1. The molecule has 1 aliphatic carbocycles. The van der Waals surface area contributed by atoms with Crippen molar-refractivity contribution < 1.29 is 0 Å². The molecule has 0 spiro atoms. The van der Waals surface area contributed by atoms with Gasteiger partial charge in [0.05, 0.1) is 5.69 Å². The van der Waals surface area contributed by atoms with Gasteiger partial charge in [-0.15, -0.1) is 5.10 Å². The number of hydrogen-bond acceptors (Lipinski definition) is 4. The van der Waals surface area contributed by atoms with Gasteiger partial charge in [-0.05, 0) is 68.3 Å². The van der Waals surface area contributed by atoms with Crippen LogP contribution in [0.15, 0.2) is 23.2 Å². The van der Waals surface area contributed by atoms with E-state index in [1.165, 1.54) is 54.8 Å². The highest BCUT2D eigenvalue weighted by Gasteiger charge is 2.16. The molecule has 1 saturated carbocycles. The number of aryl methyl sites for hydroxylation is 2. The van der Waals surface area contributed by atoms with E-state index in [0.29, 0.717) is 0 Å². The van der Waals surface area contributed by atoms with E-state index in [-0.39, 0.29) is 0 Å². The van der Waals surface area contributed by atoms with E-state index in [9.17, 15) is 0 Å². The van der Waals surface area contributed by atoms with Crippen LogP contribution in [0.1, 0.15) is 53.8 Å². The molecule has 4 nitrogen and oxygen atoms in total. The van der Waals surface area contributed by atoms with E-state index in [1.54, 1.807) is 0 Å². The molecule has 0 saturated heterocycles.